The molecule has 4 aliphatic rings. The van der Waals surface area contributed by atoms with Crippen molar-refractivity contribution in [1.29, 1.82) is 0 Å². The fourth-order valence-corrected chi connectivity index (χ4v) is 13.7. The molecule has 18 heteroatoms. The third-order valence-corrected chi connectivity index (χ3v) is 18.4. The van der Waals surface area contributed by atoms with E-state index >= 15 is 0 Å². The van der Waals surface area contributed by atoms with Gasteiger partial charge < -0.3 is 50.5 Å². The van der Waals surface area contributed by atoms with E-state index in [0.29, 0.717) is 78.0 Å². The molecule has 472 valence electrons. The summed E-state index contributed by atoms with van der Waals surface area (Å²) in [6.07, 6.45) is -0.701. The molecule has 18 nitrogen and oxygen atoms in total. The highest BCUT2D eigenvalue weighted by atomic mass is 16.3. The van der Waals surface area contributed by atoms with Crippen LogP contribution in [0.4, 0.5) is 0 Å². The number of furan rings is 2. The van der Waals surface area contributed by atoms with Crippen LogP contribution in [0, 0.1) is 11.8 Å². The summed E-state index contributed by atoms with van der Waals surface area (Å²) in [4.78, 5) is 62.0. The molecular weight excluding hydrogens is 1140 g/mol. The van der Waals surface area contributed by atoms with Crippen molar-refractivity contribution >= 4 is 45.6 Å². The minimum absolute atomic E-state index is 0.107. The summed E-state index contributed by atoms with van der Waals surface area (Å²) in [5.74, 6) is 0.0582. The highest BCUT2D eigenvalue weighted by molar-refractivity contribution is 5.83. The van der Waals surface area contributed by atoms with E-state index in [2.05, 4.69) is 31.1 Å². The molecule has 2 fully saturated rings. The number of rotatable bonds is 22. The Bertz CT molecular complexity index is 3390. The SMILES string of the molecule is CNC(=O)C1CN(Cc2cc3ccccc3o2)CCN1CC(O)C[C@@H](Cc1ccccc1)C(=O)NC1c2ccccc2CC1O.CNC(=O)C1CN(Cc2cc3ccccc3o2)CCN1CC(O)C[C@@H](Cc1ccccc1)C(=O)NC1c2ccccc2CC1O. The normalized spacial score (nSPS) is 21.7. The molecule has 0 spiro atoms. The lowest BCUT2D eigenvalue weighted by atomic mass is 9.91. The number of carbonyl (C=O) groups is 4. The average molecular weight is 1220 g/mol. The van der Waals surface area contributed by atoms with Crippen molar-refractivity contribution in [3.63, 3.8) is 0 Å². The van der Waals surface area contributed by atoms with Gasteiger partial charge in [0.2, 0.25) is 23.6 Å². The lowest BCUT2D eigenvalue weighted by Gasteiger charge is -2.41. The Morgan fingerprint density at radius 2 is 0.878 bits per heavy atom. The van der Waals surface area contributed by atoms with Crippen molar-refractivity contribution in [3.8, 4) is 0 Å². The number of aliphatic hydroxyl groups is 4. The number of nitrogens with one attached hydrogen (secondary N) is 4. The lowest BCUT2D eigenvalue weighted by Crippen LogP contribution is -2.59. The van der Waals surface area contributed by atoms with Gasteiger partial charge in [-0.3, -0.25) is 38.8 Å². The van der Waals surface area contributed by atoms with Crippen LogP contribution in [-0.4, -0.2) is 167 Å². The van der Waals surface area contributed by atoms with E-state index in [0.717, 1.165) is 66.8 Å². The minimum atomic E-state index is -0.834. The van der Waals surface area contributed by atoms with E-state index in [9.17, 15) is 39.6 Å². The number of β-amino-alcohol motifs (C(OH)–C–C–N with tert-alkyl or cyclic N) is 2. The van der Waals surface area contributed by atoms with Gasteiger partial charge in [-0.15, -0.1) is 0 Å². The van der Waals surface area contributed by atoms with Gasteiger partial charge in [-0.05, 0) is 83.3 Å². The number of likely N-dealkylation sites (N-methyl/N-ethyl adjacent to an activating group) is 2. The first kappa shape index (κ1) is 63.5. The second-order valence-electron chi connectivity index (χ2n) is 24.7. The molecule has 0 radical (unpaired) electrons. The molecule has 8 aromatic rings. The molecule has 6 aromatic carbocycles. The number of hydrogen-bond donors (Lipinski definition) is 8. The summed E-state index contributed by atoms with van der Waals surface area (Å²) in [7, 11) is 3.26. The van der Waals surface area contributed by atoms with Crippen LogP contribution in [0.25, 0.3) is 21.9 Å². The average Bonchev–Trinajstić information content (AvgIpc) is 3.00. The monoisotopic (exact) mass is 1220 g/mol. The van der Waals surface area contributed by atoms with Crippen LogP contribution in [0.1, 0.15) is 69.8 Å². The van der Waals surface area contributed by atoms with Gasteiger partial charge in [0.05, 0.1) is 49.6 Å². The first-order valence-corrected chi connectivity index (χ1v) is 31.6. The van der Waals surface area contributed by atoms with Gasteiger partial charge in [-0.25, -0.2) is 0 Å². The van der Waals surface area contributed by atoms with Crippen molar-refractivity contribution in [1.82, 2.24) is 40.9 Å². The van der Waals surface area contributed by atoms with Gasteiger partial charge in [0.1, 0.15) is 34.8 Å². The van der Waals surface area contributed by atoms with Gasteiger partial charge in [0.25, 0.3) is 0 Å². The summed E-state index contributed by atoms with van der Waals surface area (Å²) in [5.41, 5.74) is 7.64. The molecule has 2 aromatic heterocycles. The summed E-state index contributed by atoms with van der Waals surface area (Å²) in [6, 6.07) is 53.2. The number of carbonyl (C=O) groups excluding carboxylic acids is 4. The van der Waals surface area contributed by atoms with Crippen LogP contribution in [0.15, 0.2) is 179 Å². The molecule has 0 bridgehead atoms. The number of fused-ring (bicyclic) bond motifs is 4. The predicted molar refractivity (Wildman–Crippen MR) is 344 cm³/mol. The summed E-state index contributed by atoms with van der Waals surface area (Å²) in [5, 5.41) is 58.2. The summed E-state index contributed by atoms with van der Waals surface area (Å²) >= 11 is 0. The second-order valence-corrected chi connectivity index (χ2v) is 24.7. The number of benzene rings is 6. The quantitative estimate of drug-likeness (QED) is 0.0383. The Morgan fingerprint density at radius 1 is 0.500 bits per heavy atom. The van der Waals surface area contributed by atoms with Crippen molar-refractivity contribution in [2.45, 2.75) is 100 Å². The number of para-hydroxylation sites is 2. The zero-order chi connectivity index (χ0) is 62.7. The molecule has 90 heavy (non-hydrogen) atoms. The van der Waals surface area contributed by atoms with Crippen LogP contribution in [0.2, 0.25) is 0 Å². The Hall–Kier alpha value is -8.04. The Balaban J connectivity index is 0.000000185. The van der Waals surface area contributed by atoms with Gasteiger partial charge in [0, 0.05) is 102 Å². The second kappa shape index (κ2) is 29.7. The molecule has 8 unspecified atom stereocenters. The Kier molecular flexibility index (Phi) is 21.0. The molecule has 0 saturated carbocycles. The molecular formula is C72H84N8O10. The van der Waals surface area contributed by atoms with Crippen LogP contribution in [0.3, 0.4) is 0 Å². The standard InChI is InChI=1S/2C36H42N4O5/c2*1-37-36(44)31-23-39(22-29-19-26-12-6-8-14-33(26)45-29)15-16-40(31)21-28(41)18-27(17-24-9-3-2-4-10-24)35(43)38-34-30-13-7-5-11-25(30)20-32(34)42/h2*2-14,19,27-28,31-32,34,41-42H,15-18,20-23H2,1H3,(H,37,44)(H,38,43)/t2*27-,28?,31?,32?,34?/m11/s1. The smallest absolute Gasteiger partial charge is 0.238 e. The summed E-state index contributed by atoms with van der Waals surface area (Å²) < 4.78 is 12.0. The largest absolute Gasteiger partial charge is 0.460 e. The first-order valence-electron chi connectivity index (χ1n) is 31.6. The fraction of sp³-hybridized carbons (Fsp3) is 0.389. The molecule has 2 aliphatic heterocycles. The van der Waals surface area contributed by atoms with E-state index in [1.807, 2.05) is 180 Å². The highest BCUT2D eigenvalue weighted by Crippen LogP contribution is 2.34. The molecule has 4 heterocycles. The highest BCUT2D eigenvalue weighted by Gasteiger charge is 2.39. The Morgan fingerprint density at radius 3 is 1.28 bits per heavy atom. The van der Waals surface area contributed by atoms with Gasteiger partial charge in [-0.1, -0.05) is 146 Å². The fourth-order valence-electron chi connectivity index (χ4n) is 13.7. The topological polar surface area (TPSA) is 237 Å². The molecule has 2 saturated heterocycles. The zero-order valence-electron chi connectivity index (χ0n) is 51.3. The van der Waals surface area contributed by atoms with Gasteiger partial charge >= 0.3 is 0 Å². The first-order chi connectivity index (χ1) is 43.7. The maximum atomic E-state index is 13.8. The van der Waals surface area contributed by atoms with E-state index in [-0.39, 0.29) is 49.6 Å². The van der Waals surface area contributed by atoms with Crippen molar-refractivity contribution in [3.05, 3.63) is 215 Å². The molecule has 12 rings (SSSR count). The maximum absolute atomic E-state index is 13.8. The van der Waals surface area contributed by atoms with E-state index in [4.69, 9.17) is 8.83 Å². The number of amides is 4. The third-order valence-electron chi connectivity index (χ3n) is 18.4. The van der Waals surface area contributed by atoms with E-state index < -0.39 is 60.4 Å². The van der Waals surface area contributed by atoms with Crippen LogP contribution >= 0.6 is 0 Å². The number of nitrogens with zero attached hydrogens (tertiary/aromatic N) is 4. The van der Waals surface area contributed by atoms with Crippen molar-refractivity contribution in [2.75, 3.05) is 66.5 Å². The number of hydrogen-bond acceptors (Lipinski definition) is 14. The third kappa shape index (κ3) is 15.7. The van der Waals surface area contributed by atoms with Crippen molar-refractivity contribution < 1.29 is 48.4 Å². The number of piperazine rings is 2. The lowest BCUT2D eigenvalue weighted by molar-refractivity contribution is -0.131. The van der Waals surface area contributed by atoms with Crippen LogP contribution in [0.5, 0.6) is 0 Å². The molecule has 4 amide bonds. The van der Waals surface area contributed by atoms with Crippen molar-refractivity contribution in [2.24, 2.45) is 11.8 Å². The van der Waals surface area contributed by atoms with Gasteiger partial charge in [-0.2, -0.15) is 0 Å². The van der Waals surface area contributed by atoms with Gasteiger partial charge in [0.15, 0.2) is 0 Å². The molecule has 10 atom stereocenters. The Labute approximate surface area is 525 Å². The molecule has 8 N–H and O–H groups in total. The maximum Gasteiger partial charge on any atom is 0.238 e. The van der Waals surface area contributed by atoms with E-state index in [1.165, 1.54) is 0 Å². The summed E-state index contributed by atoms with van der Waals surface area (Å²) in [6.45, 7) is 5.32. The van der Waals surface area contributed by atoms with E-state index in [1.54, 1.807) is 14.1 Å². The van der Waals surface area contributed by atoms with Crippen LogP contribution in [-0.2, 0) is 58.0 Å². The minimum Gasteiger partial charge on any atom is -0.460 e. The number of aliphatic hydroxyl groups excluding tert-OH is 4. The predicted octanol–water partition coefficient (Wildman–Crippen LogP) is 6.10. The zero-order valence-corrected chi connectivity index (χ0v) is 51.3. The van der Waals surface area contributed by atoms with Crippen LogP contribution < -0.4 is 21.3 Å². The molecule has 2 aliphatic carbocycles.